The monoisotopic (exact) mass is 293 g/mol. The first-order chi connectivity index (χ1) is 9.55. The van der Waals surface area contributed by atoms with Crippen LogP contribution in [0, 0.1) is 5.92 Å². The number of rotatable bonds is 2. The number of nitrogens with one attached hydrogen (secondary N) is 1. The summed E-state index contributed by atoms with van der Waals surface area (Å²) < 4.78 is 22.9. The zero-order valence-electron chi connectivity index (χ0n) is 11.3. The predicted octanol–water partition coefficient (Wildman–Crippen LogP) is 1.61. The fourth-order valence-electron chi connectivity index (χ4n) is 3.20. The Bertz CT molecular complexity index is 624. The average molecular weight is 293 g/mol. The first kappa shape index (κ1) is 13.6. The fraction of sp³-hybridized carbons (Fsp3) is 0.533. The molecule has 1 amide bonds. The van der Waals surface area contributed by atoms with Crippen LogP contribution in [0.4, 0.5) is 0 Å². The van der Waals surface area contributed by atoms with Crippen LogP contribution >= 0.6 is 0 Å². The second-order valence-electron chi connectivity index (χ2n) is 5.75. The summed E-state index contributed by atoms with van der Waals surface area (Å²) in [4.78, 5) is 12.2. The van der Waals surface area contributed by atoms with Gasteiger partial charge in [0.2, 0.25) is 5.91 Å². The molecular formula is C15H19NO3S. The molecule has 1 aromatic rings. The van der Waals surface area contributed by atoms with Crippen LogP contribution in [0.15, 0.2) is 24.3 Å². The van der Waals surface area contributed by atoms with Crippen LogP contribution in [0.25, 0.3) is 0 Å². The van der Waals surface area contributed by atoms with Gasteiger partial charge in [0.15, 0.2) is 9.84 Å². The van der Waals surface area contributed by atoms with Gasteiger partial charge in [-0.25, -0.2) is 8.42 Å². The van der Waals surface area contributed by atoms with Crippen LogP contribution in [-0.2, 0) is 21.1 Å². The third-order valence-corrected chi connectivity index (χ3v) is 6.06. The maximum Gasteiger partial charge on any atom is 0.224 e. The minimum atomic E-state index is -3.00. The summed E-state index contributed by atoms with van der Waals surface area (Å²) in [5.74, 6) is -0.318. The van der Waals surface area contributed by atoms with E-state index >= 15 is 0 Å². The lowest BCUT2D eigenvalue weighted by Crippen LogP contribution is -2.36. The molecule has 1 fully saturated rings. The highest BCUT2D eigenvalue weighted by Gasteiger charge is 2.34. The largest absolute Gasteiger partial charge is 0.349 e. The zero-order valence-corrected chi connectivity index (χ0v) is 12.2. The van der Waals surface area contributed by atoms with Crippen molar-refractivity contribution in [1.29, 1.82) is 0 Å². The SMILES string of the molecule is O=C(NC1CCCc2ccccc21)C1CCS(=O)(=O)C1. The van der Waals surface area contributed by atoms with Gasteiger partial charge >= 0.3 is 0 Å². The molecule has 0 spiro atoms. The smallest absolute Gasteiger partial charge is 0.224 e. The Morgan fingerprint density at radius 3 is 2.75 bits per heavy atom. The third-order valence-electron chi connectivity index (χ3n) is 4.29. The summed E-state index contributed by atoms with van der Waals surface area (Å²) in [7, 11) is -3.00. The molecule has 3 rings (SSSR count). The Balaban J connectivity index is 1.72. The molecule has 0 bridgehead atoms. The number of aryl methyl sites for hydroxylation is 1. The van der Waals surface area contributed by atoms with E-state index in [1.54, 1.807) is 0 Å². The molecular weight excluding hydrogens is 274 g/mol. The number of benzene rings is 1. The highest BCUT2D eigenvalue weighted by molar-refractivity contribution is 7.91. The Labute approximate surface area is 119 Å². The van der Waals surface area contributed by atoms with Crippen molar-refractivity contribution < 1.29 is 13.2 Å². The van der Waals surface area contributed by atoms with E-state index in [4.69, 9.17) is 0 Å². The Kier molecular flexibility index (Phi) is 3.54. The summed E-state index contributed by atoms with van der Waals surface area (Å²) in [6.07, 6.45) is 3.51. The average Bonchev–Trinajstić information content (AvgIpc) is 2.80. The van der Waals surface area contributed by atoms with E-state index in [2.05, 4.69) is 17.4 Å². The molecule has 2 atom stereocenters. The van der Waals surface area contributed by atoms with Crippen molar-refractivity contribution in [3.05, 3.63) is 35.4 Å². The van der Waals surface area contributed by atoms with Gasteiger partial charge in [0.1, 0.15) is 0 Å². The van der Waals surface area contributed by atoms with Gasteiger partial charge in [-0.1, -0.05) is 24.3 Å². The van der Waals surface area contributed by atoms with Crippen molar-refractivity contribution >= 4 is 15.7 Å². The molecule has 2 unspecified atom stereocenters. The van der Waals surface area contributed by atoms with Crippen molar-refractivity contribution in [3.8, 4) is 0 Å². The van der Waals surface area contributed by atoms with E-state index in [0.717, 1.165) is 19.3 Å². The number of amides is 1. The van der Waals surface area contributed by atoms with Crippen molar-refractivity contribution in [2.24, 2.45) is 5.92 Å². The molecule has 0 saturated carbocycles. The molecule has 108 valence electrons. The summed E-state index contributed by atoms with van der Waals surface area (Å²) >= 11 is 0. The summed E-state index contributed by atoms with van der Waals surface area (Å²) in [6, 6.07) is 8.21. The van der Waals surface area contributed by atoms with Gasteiger partial charge in [0.05, 0.1) is 23.5 Å². The molecule has 5 heteroatoms. The molecule has 1 aliphatic heterocycles. The van der Waals surface area contributed by atoms with Gasteiger partial charge in [-0.2, -0.15) is 0 Å². The van der Waals surface area contributed by atoms with E-state index < -0.39 is 9.84 Å². The topological polar surface area (TPSA) is 63.2 Å². The molecule has 1 aliphatic carbocycles. The number of carbonyl (C=O) groups excluding carboxylic acids is 1. The maximum atomic E-state index is 12.2. The summed E-state index contributed by atoms with van der Waals surface area (Å²) in [5, 5.41) is 3.05. The van der Waals surface area contributed by atoms with E-state index in [1.165, 1.54) is 11.1 Å². The van der Waals surface area contributed by atoms with Gasteiger partial charge in [-0.3, -0.25) is 4.79 Å². The minimum absolute atomic E-state index is 0.00714. The van der Waals surface area contributed by atoms with Crippen LogP contribution in [0.3, 0.4) is 0 Å². The summed E-state index contributed by atoms with van der Waals surface area (Å²) in [6.45, 7) is 0. The van der Waals surface area contributed by atoms with Crippen LogP contribution < -0.4 is 5.32 Å². The van der Waals surface area contributed by atoms with Crippen LogP contribution in [-0.4, -0.2) is 25.8 Å². The first-order valence-corrected chi connectivity index (χ1v) is 8.96. The van der Waals surface area contributed by atoms with Crippen LogP contribution in [0.1, 0.15) is 36.4 Å². The number of sulfone groups is 1. The fourth-order valence-corrected chi connectivity index (χ4v) is 4.94. The zero-order chi connectivity index (χ0) is 14.2. The van der Waals surface area contributed by atoms with Gasteiger partial charge < -0.3 is 5.32 Å². The van der Waals surface area contributed by atoms with Gasteiger partial charge in [-0.05, 0) is 36.8 Å². The van der Waals surface area contributed by atoms with Crippen LogP contribution in [0.2, 0.25) is 0 Å². The normalized spacial score (nSPS) is 27.8. The quantitative estimate of drug-likeness (QED) is 0.901. The first-order valence-electron chi connectivity index (χ1n) is 7.14. The van der Waals surface area contributed by atoms with Crippen molar-refractivity contribution in [1.82, 2.24) is 5.32 Å². The predicted molar refractivity (Wildman–Crippen MR) is 77.0 cm³/mol. The third kappa shape index (κ3) is 2.73. The molecule has 1 saturated heterocycles. The lowest BCUT2D eigenvalue weighted by Gasteiger charge is -2.27. The van der Waals surface area contributed by atoms with Crippen molar-refractivity contribution in [2.45, 2.75) is 31.7 Å². The lowest BCUT2D eigenvalue weighted by molar-refractivity contribution is -0.125. The summed E-state index contributed by atoms with van der Waals surface area (Å²) in [5.41, 5.74) is 2.48. The molecule has 1 aromatic carbocycles. The standard InChI is InChI=1S/C15H19NO3S/c17-15(12-8-9-20(18,19)10-12)16-14-7-3-5-11-4-1-2-6-13(11)14/h1-2,4,6,12,14H,3,5,7-10H2,(H,16,17). The van der Waals surface area contributed by atoms with Gasteiger partial charge in [-0.15, -0.1) is 0 Å². The van der Waals surface area contributed by atoms with Gasteiger partial charge in [0.25, 0.3) is 0 Å². The van der Waals surface area contributed by atoms with Crippen molar-refractivity contribution in [2.75, 3.05) is 11.5 Å². The molecule has 1 N–H and O–H groups in total. The lowest BCUT2D eigenvalue weighted by atomic mass is 9.87. The second-order valence-corrected chi connectivity index (χ2v) is 7.98. The highest BCUT2D eigenvalue weighted by Crippen LogP contribution is 2.30. The maximum absolute atomic E-state index is 12.2. The molecule has 1 heterocycles. The highest BCUT2D eigenvalue weighted by atomic mass is 32.2. The Morgan fingerprint density at radius 1 is 1.20 bits per heavy atom. The Hall–Kier alpha value is -1.36. The Morgan fingerprint density at radius 2 is 2.00 bits per heavy atom. The minimum Gasteiger partial charge on any atom is -0.349 e. The van der Waals surface area contributed by atoms with E-state index in [9.17, 15) is 13.2 Å². The molecule has 0 aromatic heterocycles. The van der Waals surface area contributed by atoms with E-state index in [-0.39, 0.29) is 29.4 Å². The molecule has 2 aliphatic rings. The molecule has 4 nitrogen and oxygen atoms in total. The number of fused-ring (bicyclic) bond motifs is 1. The number of hydrogen-bond acceptors (Lipinski definition) is 3. The molecule has 0 radical (unpaired) electrons. The second kappa shape index (κ2) is 5.20. The number of hydrogen-bond donors (Lipinski definition) is 1. The van der Waals surface area contributed by atoms with Gasteiger partial charge in [0, 0.05) is 0 Å². The van der Waals surface area contributed by atoms with Crippen molar-refractivity contribution in [3.63, 3.8) is 0 Å². The molecule has 20 heavy (non-hydrogen) atoms. The van der Waals surface area contributed by atoms with Crippen LogP contribution in [0.5, 0.6) is 0 Å². The number of carbonyl (C=O) groups is 1. The van der Waals surface area contributed by atoms with E-state index in [0.29, 0.717) is 6.42 Å². The van der Waals surface area contributed by atoms with E-state index in [1.807, 2.05) is 12.1 Å².